The Hall–Kier alpha value is -3.49. The molecule has 2 amide bonds. The molecule has 41 heavy (non-hydrogen) atoms. The number of halogens is 1. The highest BCUT2D eigenvalue weighted by Crippen LogP contribution is 2.22. The second kappa shape index (κ2) is 19.6. The number of piperidine rings is 1. The molecule has 2 heterocycles. The van der Waals surface area contributed by atoms with Crippen LogP contribution >= 0.6 is 0 Å². The number of H-pyrrole nitrogens is 1. The molecule has 2 aromatic rings. The monoisotopic (exact) mass is 571 g/mol. The van der Waals surface area contributed by atoms with Crippen molar-refractivity contribution in [2.24, 2.45) is 0 Å². The molecule has 1 aliphatic rings. The predicted octanol–water partition coefficient (Wildman–Crippen LogP) is 7.66. The first-order chi connectivity index (χ1) is 19.4. The highest BCUT2D eigenvalue weighted by Gasteiger charge is 2.19. The van der Waals surface area contributed by atoms with E-state index in [1.165, 1.54) is 5.57 Å². The topological polar surface area (TPSA) is 120 Å². The first-order valence-corrected chi connectivity index (χ1v) is 14.6. The summed E-state index contributed by atoms with van der Waals surface area (Å²) in [6.07, 6.45) is 9.91. The Bertz CT molecular complexity index is 1070. The number of carbonyl (C=O) groups is 2. The van der Waals surface area contributed by atoms with Crippen LogP contribution in [0.5, 0.6) is 0 Å². The van der Waals surface area contributed by atoms with E-state index >= 15 is 0 Å². The zero-order valence-corrected chi connectivity index (χ0v) is 25.7. The maximum Gasteiger partial charge on any atom is 0.408 e. The number of allylic oxidation sites excluding steroid dienone is 2. The average Bonchev–Trinajstić information content (AvgIpc) is 3.36. The van der Waals surface area contributed by atoms with Gasteiger partial charge in [0, 0.05) is 18.7 Å². The van der Waals surface area contributed by atoms with Gasteiger partial charge in [0.25, 0.3) is 0 Å². The number of hydrogen-bond donors (Lipinski definition) is 4. The highest BCUT2D eigenvalue weighted by atomic mass is 19.1. The molecule has 1 saturated heterocycles. The normalized spacial score (nSPS) is 13.9. The van der Waals surface area contributed by atoms with Crippen molar-refractivity contribution >= 4 is 17.7 Å². The lowest BCUT2D eigenvalue weighted by molar-refractivity contribution is -0.122. The third-order valence-electron chi connectivity index (χ3n) is 6.29. The predicted molar refractivity (Wildman–Crippen MR) is 164 cm³/mol. The van der Waals surface area contributed by atoms with Crippen molar-refractivity contribution in [2.45, 2.75) is 111 Å². The number of aromatic amines is 1. The summed E-state index contributed by atoms with van der Waals surface area (Å²) in [6.45, 7) is 12.1. The van der Waals surface area contributed by atoms with Gasteiger partial charge in [-0.2, -0.15) is 0 Å². The minimum absolute atomic E-state index is 0.214. The minimum Gasteiger partial charge on any atom is -0.445 e. The molecule has 0 saturated carbocycles. The summed E-state index contributed by atoms with van der Waals surface area (Å²) in [6, 6.07) is 9.29. The van der Waals surface area contributed by atoms with E-state index in [0.29, 0.717) is 18.6 Å². The minimum atomic E-state index is -1.16. The number of imidazole rings is 1. The maximum atomic E-state index is 13.6. The highest BCUT2D eigenvalue weighted by molar-refractivity contribution is 5.90. The van der Waals surface area contributed by atoms with Crippen molar-refractivity contribution in [3.63, 3.8) is 0 Å². The number of carbonyl (C=O) groups excluding carboxylic acids is 2. The van der Waals surface area contributed by atoms with Crippen LogP contribution in [-0.2, 0) is 16.1 Å². The molecule has 1 aliphatic heterocycles. The quantitative estimate of drug-likeness (QED) is 0.163. The van der Waals surface area contributed by atoms with Crippen molar-refractivity contribution in [3.05, 3.63) is 65.3 Å². The number of unbranched alkanes of at least 4 members (excludes halogenated alkanes) is 1. The summed E-state index contributed by atoms with van der Waals surface area (Å²) >= 11 is 0. The molecule has 0 bridgehead atoms. The summed E-state index contributed by atoms with van der Waals surface area (Å²) in [5, 5.41) is 12.7. The van der Waals surface area contributed by atoms with Crippen LogP contribution in [0.25, 0.3) is 0 Å². The molecule has 1 fully saturated rings. The van der Waals surface area contributed by atoms with Gasteiger partial charge in [-0.15, -0.1) is 0 Å². The largest absolute Gasteiger partial charge is 0.445 e. The van der Waals surface area contributed by atoms with Crippen molar-refractivity contribution < 1.29 is 18.7 Å². The van der Waals surface area contributed by atoms with E-state index in [1.807, 2.05) is 50.3 Å². The Morgan fingerprint density at radius 2 is 1.93 bits per heavy atom. The number of aromatic nitrogens is 2. The van der Waals surface area contributed by atoms with E-state index in [9.17, 15) is 14.0 Å². The summed E-state index contributed by atoms with van der Waals surface area (Å²) in [5.74, 6) is 1.00. The van der Waals surface area contributed by atoms with Crippen LogP contribution in [-0.4, -0.2) is 39.9 Å². The van der Waals surface area contributed by atoms with Gasteiger partial charge in [-0.25, -0.2) is 14.2 Å². The number of hydrogen-bond acceptors (Lipinski definition) is 5. The van der Waals surface area contributed by atoms with Crippen molar-refractivity contribution in [2.75, 3.05) is 6.54 Å². The van der Waals surface area contributed by atoms with E-state index in [1.54, 1.807) is 27.0 Å². The Balaban J connectivity index is 0.000000455. The molecular formula is C32H50FN5O3. The van der Waals surface area contributed by atoms with Crippen molar-refractivity contribution in [1.82, 2.24) is 20.6 Å². The van der Waals surface area contributed by atoms with E-state index in [-0.39, 0.29) is 18.6 Å². The molecule has 8 nitrogen and oxygen atoms in total. The van der Waals surface area contributed by atoms with E-state index in [4.69, 9.17) is 10.1 Å². The molecule has 0 radical (unpaired) electrons. The van der Waals surface area contributed by atoms with Gasteiger partial charge in [-0.3, -0.25) is 4.79 Å². The second-order valence-corrected chi connectivity index (χ2v) is 11.0. The SMILES string of the molecule is CCC(C)=CC(C)=N.Cc1ncc(C(CCCCC(C)(C)F)NC(=O)OCc2ccccc2)[nH]1.O=C1CCCCN1. The number of alkyl carbamates (subject to hydrolysis) is 1. The molecule has 1 aromatic carbocycles. The third-order valence-corrected chi connectivity index (χ3v) is 6.29. The fourth-order valence-corrected chi connectivity index (χ4v) is 3.92. The van der Waals surface area contributed by atoms with Crippen LogP contribution in [0.15, 0.2) is 48.2 Å². The van der Waals surface area contributed by atoms with Crippen molar-refractivity contribution in [1.29, 1.82) is 5.41 Å². The number of nitrogens with one attached hydrogen (secondary N) is 4. The van der Waals surface area contributed by atoms with Crippen LogP contribution < -0.4 is 10.6 Å². The molecule has 9 heteroatoms. The Kier molecular flexibility index (Phi) is 17.0. The maximum absolute atomic E-state index is 13.6. The van der Waals surface area contributed by atoms with Gasteiger partial charge >= 0.3 is 6.09 Å². The zero-order chi connectivity index (χ0) is 30.7. The van der Waals surface area contributed by atoms with Gasteiger partial charge < -0.3 is 25.8 Å². The molecule has 1 unspecified atom stereocenters. The third kappa shape index (κ3) is 18.5. The van der Waals surface area contributed by atoms with Gasteiger partial charge in [0.05, 0.1) is 17.9 Å². The summed E-state index contributed by atoms with van der Waals surface area (Å²) < 4.78 is 18.9. The Morgan fingerprint density at radius 3 is 2.39 bits per heavy atom. The van der Waals surface area contributed by atoms with Crippen LogP contribution in [0.4, 0.5) is 9.18 Å². The summed E-state index contributed by atoms with van der Waals surface area (Å²) in [5.41, 5.74) is 2.52. The Morgan fingerprint density at radius 1 is 1.22 bits per heavy atom. The smallest absolute Gasteiger partial charge is 0.408 e. The molecule has 0 spiro atoms. The number of alkyl halides is 1. The average molecular weight is 572 g/mol. The van der Waals surface area contributed by atoms with Crippen LogP contribution in [0, 0.1) is 12.3 Å². The summed E-state index contributed by atoms with van der Waals surface area (Å²) in [7, 11) is 0. The lowest BCUT2D eigenvalue weighted by atomic mass is 10.00. The van der Waals surface area contributed by atoms with Gasteiger partial charge in [0.15, 0.2) is 0 Å². The van der Waals surface area contributed by atoms with Crippen LogP contribution in [0.3, 0.4) is 0 Å². The van der Waals surface area contributed by atoms with E-state index in [2.05, 4.69) is 27.5 Å². The number of benzene rings is 1. The number of ether oxygens (including phenoxy) is 1. The number of aryl methyl sites for hydroxylation is 1. The number of amides is 2. The van der Waals surface area contributed by atoms with E-state index in [0.717, 1.165) is 62.2 Å². The number of nitrogens with zero attached hydrogens (tertiary/aromatic N) is 1. The van der Waals surface area contributed by atoms with Crippen molar-refractivity contribution in [3.8, 4) is 0 Å². The molecule has 1 atom stereocenters. The fraction of sp³-hybridized carbons (Fsp3) is 0.562. The molecule has 0 aliphatic carbocycles. The van der Waals surface area contributed by atoms with Crippen LogP contribution in [0.1, 0.15) is 109 Å². The molecule has 228 valence electrons. The van der Waals surface area contributed by atoms with Crippen LogP contribution in [0.2, 0.25) is 0 Å². The van der Waals surface area contributed by atoms with Gasteiger partial charge in [0.1, 0.15) is 18.1 Å². The Labute approximate surface area is 245 Å². The molecular weight excluding hydrogens is 521 g/mol. The lowest BCUT2D eigenvalue weighted by Crippen LogP contribution is -2.29. The summed E-state index contributed by atoms with van der Waals surface area (Å²) in [4.78, 5) is 29.9. The molecule has 4 N–H and O–H groups in total. The fourth-order valence-electron chi connectivity index (χ4n) is 3.92. The second-order valence-electron chi connectivity index (χ2n) is 11.0. The van der Waals surface area contributed by atoms with Gasteiger partial charge in [-0.1, -0.05) is 55.7 Å². The lowest BCUT2D eigenvalue weighted by Gasteiger charge is -2.18. The first kappa shape index (κ1) is 35.5. The van der Waals surface area contributed by atoms with Gasteiger partial charge in [-0.05, 0) is 78.4 Å². The standard InChI is InChI=1S/C20H28FN3O2.C7H13N.C5H9NO/c1-15-22-13-18(23-15)17(11-7-8-12-20(2,3)21)24-19(25)26-14-16-9-5-4-6-10-16;1-4-6(2)5-7(3)8;7-5-3-1-2-4-6-5/h4-6,9-10,13,17H,7-8,11-12,14H2,1-3H3,(H,22,23)(H,24,25);5,8H,4H2,1-3H3;1-4H2,(H,6,7). The zero-order valence-electron chi connectivity index (χ0n) is 25.7. The van der Waals surface area contributed by atoms with E-state index < -0.39 is 11.8 Å². The van der Waals surface area contributed by atoms with Gasteiger partial charge in [0.2, 0.25) is 5.91 Å². The molecule has 1 aromatic heterocycles. The number of rotatable bonds is 11. The molecule has 3 rings (SSSR count). The first-order valence-electron chi connectivity index (χ1n) is 14.6.